The van der Waals surface area contributed by atoms with Gasteiger partial charge in [0, 0.05) is 21.7 Å². The van der Waals surface area contributed by atoms with Crippen LogP contribution in [0, 0.1) is 12.8 Å². The van der Waals surface area contributed by atoms with Gasteiger partial charge in [-0.3, -0.25) is 0 Å². The Labute approximate surface area is 65.3 Å². The molecule has 0 aliphatic rings. The van der Waals surface area contributed by atoms with Crippen molar-refractivity contribution in [1.82, 2.24) is 0 Å². The zero-order chi connectivity index (χ0) is 3.58. The van der Waals surface area contributed by atoms with Gasteiger partial charge in [-0.05, 0) is 0 Å². The Bertz CT molecular complexity index is 16.0. The Hall–Kier alpha value is 0.594. The molecule has 0 atom stereocenters. The van der Waals surface area contributed by atoms with Crippen LogP contribution in [0.2, 0.25) is 0 Å². The molecule has 54 valence electrons. The van der Waals surface area contributed by atoms with E-state index in [2.05, 4.69) is 20.8 Å². The molecule has 6 N–H and O–H groups in total. The first-order valence-corrected chi connectivity index (χ1v) is 1.56. The van der Waals surface area contributed by atoms with Crippen LogP contribution in [0.25, 0.3) is 0 Å². The van der Waals surface area contributed by atoms with Crippen LogP contribution in [0.5, 0.6) is 0 Å². The molecule has 0 unspecified atom stereocenters. The van der Waals surface area contributed by atoms with Crippen LogP contribution in [0.3, 0.4) is 0 Å². The zero-order valence-electron chi connectivity index (χ0n) is 5.28. The Morgan fingerprint density at radius 1 is 1.00 bits per heavy atom. The minimum atomic E-state index is 0. The molecule has 0 aromatic rings. The van der Waals surface area contributed by atoms with Crippen molar-refractivity contribution in [3.63, 3.8) is 0 Å². The molecular weight excluding hydrogens is 144 g/mol. The summed E-state index contributed by atoms with van der Waals surface area (Å²) in [6.07, 6.45) is 0. The third kappa shape index (κ3) is 584. The third-order valence-electron chi connectivity index (χ3n) is 0. The number of hydrogen-bond acceptors (Lipinski definition) is 0. The molecule has 0 saturated carbocycles. The third-order valence-corrected chi connectivity index (χ3v) is 0. The van der Waals surface area contributed by atoms with Crippen LogP contribution in [0.4, 0.5) is 0 Å². The average molecular weight is 159 g/mol. The van der Waals surface area contributed by atoms with Crippen LogP contribution in [0.15, 0.2) is 0 Å². The maximum atomic E-state index is 3.64. The average Bonchev–Trinajstić information content (AvgIpc) is 0.811. The predicted molar refractivity (Wildman–Crippen MR) is 31.0 cm³/mol. The summed E-state index contributed by atoms with van der Waals surface area (Å²) in [4.78, 5) is 0. The predicted octanol–water partition coefficient (Wildman–Crippen LogP) is -1.00. The normalized spacial score (nSPS) is 4.50. The van der Waals surface area contributed by atoms with Gasteiger partial charge in [-0.15, -0.1) is 0 Å². The van der Waals surface area contributed by atoms with Crippen LogP contribution in [-0.4, -0.2) is 16.4 Å². The second-order valence-electron chi connectivity index (χ2n) is 1.39. The summed E-state index contributed by atoms with van der Waals surface area (Å²) < 4.78 is 0. The fraction of sp³-hybridized carbons (Fsp3) is 0.750. The van der Waals surface area contributed by atoms with E-state index in [1.54, 1.807) is 0 Å². The molecule has 8 heavy (non-hydrogen) atoms. The van der Waals surface area contributed by atoms with E-state index in [0.717, 1.165) is 0 Å². The fourth-order valence-corrected chi connectivity index (χ4v) is 0. The minimum absolute atomic E-state index is 0. The summed E-state index contributed by atoms with van der Waals surface area (Å²) in [5, 5.41) is 0. The second-order valence-corrected chi connectivity index (χ2v) is 1.39. The SMILES string of the molecule is O.O.O.[CH2-]C(C)C.[Ti]. The summed E-state index contributed by atoms with van der Waals surface area (Å²) in [5.74, 6) is 0.583. The minimum Gasteiger partial charge on any atom is -0.412 e. The van der Waals surface area contributed by atoms with Crippen molar-refractivity contribution in [2.24, 2.45) is 5.92 Å². The molecule has 0 fully saturated rings. The van der Waals surface area contributed by atoms with Gasteiger partial charge in [0.1, 0.15) is 0 Å². The number of hydrogen-bond donors (Lipinski definition) is 0. The molecule has 0 radical (unpaired) electrons. The molecule has 0 saturated heterocycles. The van der Waals surface area contributed by atoms with Crippen molar-refractivity contribution < 1.29 is 38.1 Å². The van der Waals surface area contributed by atoms with Crippen LogP contribution >= 0.6 is 0 Å². The van der Waals surface area contributed by atoms with E-state index < -0.39 is 0 Å². The summed E-state index contributed by atoms with van der Waals surface area (Å²) in [6, 6.07) is 0. The largest absolute Gasteiger partial charge is 0.412 e. The first-order chi connectivity index (χ1) is 1.73. The standard InChI is InChI=1S/C4H9.3H2O.Ti/c1-4(2)3;;;;/h4H,1H2,2-3H3;3*1H2;/q-1;;;;. The van der Waals surface area contributed by atoms with E-state index in [1.807, 2.05) is 0 Å². The molecule has 0 bridgehead atoms. The molecule has 0 aliphatic carbocycles. The van der Waals surface area contributed by atoms with Crippen molar-refractivity contribution in [2.75, 3.05) is 0 Å². The van der Waals surface area contributed by atoms with E-state index in [-0.39, 0.29) is 38.1 Å². The van der Waals surface area contributed by atoms with E-state index in [4.69, 9.17) is 0 Å². The Balaban J connectivity index is -0.00000000750. The van der Waals surface area contributed by atoms with Gasteiger partial charge >= 0.3 is 0 Å². The van der Waals surface area contributed by atoms with E-state index in [1.165, 1.54) is 0 Å². The quantitative estimate of drug-likeness (QED) is 0.320. The summed E-state index contributed by atoms with van der Waals surface area (Å²) >= 11 is 0. The fourth-order valence-electron chi connectivity index (χ4n) is 0. The van der Waals surface area contributed by atoms with Crippen LogP contribution in [0.1, 0.15) is 13.8 Å². The molecule has 0 heterocycles. The molecule has 0 rings (SSSR count). The van der Waals surface area contributed by atoms with Crippen molar-refractivity contribution >= 4 is 0 Å². The molecule has 0 amide bonds. The van der Waals surface area contributed by atoms with Gasteiger partial charge in [0.25, 0.3) is 0 Å². The monoisotopic (exact) mass is 159 g/mol. The van der Waals surface area contributed by atoms with Crippen molar-refractivity contribution in [1.29, 1.82) is 0 Å². The molecule has 0 aliphatic heterocycles. The van der Waals surface area contributed by atoms with Gasteiger partial charge in [0.05, 0.1) is 0 Å². The molecule has 3 nitrogen and oxygen atoms in total. The second kappa shape index (κ2) is 25.6. The summed E-state index contributed by atoms with van der Waals surface area (Å²) in [7, 11) is 0. The first-order valence-electron chi connectivity index (χ1n) is 1.56. The zero-order valence-corrected chi connectivity index (χ0v) is 6.85. The van der Waals surface area contributed by atoms with E-state index in [0.29, 0.717) is 5.92 Å². The molecule has 0 aromatic carbocycles. The maximum Gasteiger partial charge on any atom is 0 e. The van der Waals surface area contributed by atoms with Crippen molar-refractivity contribution in [3.8, 4) is 0 Å². The Morgan fingerprint density at radius 3 is 1.00 bits per heavy atom. The summed E-state index contributed by atoms with van der Waals surface area (Å²) in [5.41, 5.74) is 0. The summed E-state index contributed by atoms with van der Waals surface area (Å²) in [6.45, 7) is 7.75. The molecule has 0 spiro atoms. The van der Waals surface area contributed by atoms with Crippen molar-refractivity contribution in [3.05, 3.63) is 6.92 Å². The Morgan fingerprint density at radius 2 is 1.00 bits per heavy atom. The van der Waals surface area contributed by atoms with Crippen LogP contribution in [-0.2, 0) is 21.7 Å². The smallest absolute Gasteiger partial charge is 0 e. The van der Waals surface area contributed by atoms with Gasteiger partial charge in [0.15, 0.2) is 0 Å². The van der Waals surface area contributed by atoms with Crippen LogP contribution < -0.4 is 0 Å². The molecule has 0 aromatic heterocycles. The van der Waals surface area contributed by atoms with Gasteiger partial charge in [-0.2, -0.15) is 5.92 Å². The van der Waals surface area contributed by atoms with Crippen molar-refractivity contribution in [2.45, 2.75) is 13.8 Å². The Kier molecular flexibility index (Phi) is 123. The van der Waals surface area contributed by atoms with Gasteiger partial charge in [-0.1, -0.05) is 13.8 Å². The van der Waals surface area contributed by atoms with Gasteiger partial charge in [0.2, 0.25) is 0 Å². The topological polar surface area (TPSA) is 94.5 Å². The van der Waals surface area contributed by atoms with Gasteiger partial charge < -0.3 is 23.4 Å². The molecule has 4 heteroatoms. The first kappa shape index (κ1) is 38.4. The van der Waals surface area contributed by atoms with E-state index in [9.17, 15) is 0 Å². The molecular formula is C4H15O3Ti-. The van der Waals surface area contributed by atoms with E-state index >= 15 is 0 Å². The van der Waals surface area contributed by atoms with Gasteiger partial charge in [-0.25, -0.2) is 0 Å². The maximum absolute atomic E-state index is 3.64. The number of rotatable bonds is 0.